The van der Waals surface area contributed by atoms with Crippen molar-refractivity contribution in [3.05, 3.63) is 27.1 Å². The van der Waals surface area contributed by atoms with Crippen molar-refractivity contribution in [1.29, 1.82) is 0 Å². The summed E-state index contributed by atoms with van der Waals surface area (Å²) in [4.78, 5) is 54.9. The number of fused-ring (bicyclic) bond motifs is 3. The largest absolute Gasteiger partial charge is 0.452 e. The lowest BCUT2D eigenvalue weighted by Gasteiger charge is -2.14. The van der Waals surface area contributed by atoms with Crippen molar-refractivity contribution in [2.75, 3.05) is 0 Å². The molecular formula is C20H26N4O5S. The van der Waals surface area contributed by atoms with Crippen LogP contribution in [0, 0.1) is 0 Å². The third-order valence-electron chi connectivity index (χ3n) is 4.83. The maximum atomic E-state index is 12.9. The zero-order valence-electron chi connectivity index (χ0n) is 17.3. The first-order valence-corrected chi connectivity index (χ1v) is 10.9. The summed E-state index contributed by atoms with van der Waals surface area (Å²) in [5.74, 6) is -1.35. The molecule has 1 aliphatic carbocycles. The van der Waals surface area contributed by atoms with E-state index in [-0.39, 0.29) is 24.6 Å². The monoisotopic (exact) mass is 434 g/mol. The summed E-state index contributed by atoms with van der Waals surface area (Å²) < 4.78 is 6.49. The quantitative estimate of drug-likeness (QED) is 0.670. The van der Waals surface area contributed by atoms with Crippen LogP contribution in [0.4, 0.5) is 4.79 Å². The molecule has 2 aromatic heterocycles. The number of ether oxygens (including phenoxy) is 1. The number of imide groups is 1. The van der Waals surface area contributed by atoms with Crippen LogP contribution in [0.3, 0.4) is 0 Å². The number of carbonyl (C=O) groups is 3. The SMILES string of the molecule is CC(C)NC(=O)NC(=O)C(C)OC(=O)CCn1cnc2sc3c(c2c1=O)CCCC3. The molecule has 0 fully saturated rings. The van der Waals surface area contributed by atoms with E-state index in [9.17, 15) is 19.2 Å². The summed E-state index contributed by atoms with van der Waals surface area (Å²) in [7, 11) is 0. The predicted molar refractivity (Wildman–Crippen MR) is 113 cm³/mol. The maximum Gasteiger partial charge on any atom is 0.321 e. The molecule has 0 saturated heterocycles. The molecule has 0 spiro atoms. The molecule has 2 aromatic rings. The first kappa shape index (κ1) is 21.9. The molecule has 0 bridgehead atoms. The van der Waals surface area contributed by atoms with Gasteiger partial charge in [0.05, 0.1) is 18.1 Å². The van der Waals surface area contributed by atoms with E-state index in [1.807, 2.05) is 0 Å². The second-order valence-electron chi connectivity index (χ2n) is 7.63. The molecule has 0 aromatic carbocycles. The van der Waals surface area contributed by atoms with Crippen molar-refractivity contribution in [2.24, 2.45) is 0 Å². The summed E-state index contributed by atoms with van der Waals surface area (Å²) in [5.41, 5.74) is 0.948. The Labute approximate surface area is 177 Å². The highest BCUT2D eigenvalue weighted by atomic mass is 32.1. The summed E-state index contributed by atoms with van der Waals surface area (Å²) in [6.07, 6.45) is 4.30. The number of urea groups is 1. The number of hydrogen-bond acceptors (Lipinski definition) is 7. The molecule has 0 saturated carbocycles. The fourth-order valence-electron chi connectivity index (χ4n) is 3.37. The van der Waals surface area contributed by atoms with Crippen LogP contribution in [-0.4, -0.2) is 39.6 Å². The van der Waals surface area contributed by atoms with Crippen molar-refractivity contribution in [3.63, 3.8) is 0 Å². The van der Waals surface area contributed by atoms with Gasteiger partial charge in [-0.1, -0.05) is 0 Å². The molecule has 9 nitrogen and oxygen atoms in total. The average Bonchev–Trinajstić information content (AvgIpc) is 3.06. The Morgan fingerprint density at radius 1 is 1.23 bits per heavy atom. The van der Waals surface area contributed by atoms with E-state index in [1.54, 1.807) is 25.2 Å². The second kappa shape index (κ2) is 9.38. The standard InChI is InChI=1S/C20H26N4O5S/c1-11(2)22-20(28)23-17(26)12(3)29-15(25)8-9-24-10-21-18-16(19(24)27)13-6-4-5-7-14(13)30-18/h10-12H,4-9H2,1-3H3,(H2,22,23,26,28). The third kappa shape index (κ3) is 5.05. The molecule has 3 rings (SSSR count). The molecule has 10 heteroatoms. The summed E-state index contributed by atoms with van der Waals surface area (Å²) in [6.45, 7) is 5.00. The molecule has 1 unspecified atom stereocenters. The summed E-state index contributed by atoms with van der Waals surface area (Å²) in [6, 6.07) is -0.781. The van der Waals surface area contributed by atoms with Gasteiger partial charge in [-0.2, -0.15) is 0 Å². The molecule has 0 radical (unpaired) electrons. The molecule has 1 aliphatic rings. The van der Waals surface area contributed by atoms with Gasteiger partial charge in [-0.05, 0) is 52.0 Å². The van der Waals surface area contributed by atoms with Gasteiger partial charge in [0, 0.05) is 17.5 Å². The topological polar surface area (TPSA) is 119 Å². The number of hydrogen-bond donors (Lipinski definition) is 2. The zero-order chi connectivity index (χ0) is 21.8. The van der Waals surface area contributed by atoms with E-state index in [0.717, 1.165) is 36.1 Å². The zero-order valence-corrected chi connectivity index (χ0v) is 18.1. The average molecular weight is 435 g/mol. The van der Waals surface area contributed by atoms with E-state index >= 15 is 0 Å². The van der Waals surface area contributed by atoms with Crippen molar-refractivity contribution in [2.45, 2.75) is 71.6 Å². The minimum absolute atomic E-state index is 0.0881. The van der Waals surface area contributed by atoms with Crippen LogP contribution < -0.4 is 16.2 Å². The number of thiophene rings is 1. The normalized spacial score (nSPS) is 14.3. The smallest absolute Gasteiger partial charge is 0.321 e. The van der Waals surface area contributed by atoms with Gasteiger partial charge in [-0.25, -0.2) is 9.78 Å². The highest BCUT2D eigenvalue weighted by molar-refractivity contribution is 7.18. The van der Waals surface area contributed by atoms with E-state index in [1.165, 1.54) is 22.7 Å². The number of aryl methyl sites for hydroxylation is 3. The summed E-state index contributed by atoms with van der Waals surface area (Å²) in [5, 5.41) is 5.29. The van der Waals surface area contributed by atoms with Crippen LogP contribution in [0.25, 0.3) is 10.2 Å². The Morgan fingerprint density at radius 3 is 2.70 bits per heavy atom. The van der Waals surface area contributed by atoms with Gasteiger partial charge in [-0.3, -0.25) is 24.3 Å². The lowest BCUT2D eigenvalue weighted by Crippen LogP contribution is -2.46. The second-order valence-corrected chi connectivity index (χ2v) is 8.72. The van der Waals surface area contributed by atoms with E-state index in [2.05, 4.69) is 15.6 Å². The van der Waals surface area contributed by atoms with Gasteiger partial charge in [-0.15, -0.1) is 11.3 Å². The number of nitrogens with zero attached hydrogens (tertiary/aromatic N) is 2. The van der Waals surface area contributed by atoms with Crippen LogP contribution in [0.5, 0.6) is 0 Å². The Hall–Kier alpha value is -2.75. The van der Waals surface area contributed by atoms with Crippen LogP contribution in [-0.2, 0) is 33.7 Å². The molecule has 2 N–H and O–H groups in total. The van der Waals surface area contributed by atoms with Crippen LogP contribution >= 0.6 is 11.3 Å². The number of aromatic nitrogens is 2. The van der Waals surface area contributed by atoms with Crippen molar-refractivity contribution in [3.8, 4) is 0 Å². The van der Waals surface area contributed by atoms with Crippen LogP contribution in [0.2, 0.25) is 0 Å². The van der Waals surface area contributed by atoms with Crippen molar-refractivity contribution < 1.29 is 19.1 Å². The van der Waals surface area contributed by atoms with Crippen LogP contribution in [0.1, 0.15) is 50.5 Å². The van der Waals surface area contributed by atoms with E-state index in [4.69, 9.17) is 4.74 Å². The van der Waals surface area contributed by atoms with Gasteiger partial charge < -0.3 is 10.1 Å². The molecular weight excluding hydrogens is 408 g/mol. The first-order valence-electron chi connectivity index (χ1n) is 10.1. The number of esters is 1. The van der Waals surface area contributed by atoms with E-state index < -0.39 is 24.0 Å². The van der Waals surface area contributed by atoms with Crippen LogP contribution in [0.15, 0.2) is 11.1 Å². The lowest BCUT2D eigenvalue weighted by atomic mass is 9.97. The first-order chi connectivity index (χ1) is 14.3. The fraction of sp³-hybridized carbons (Fsp3) is 0.550. The Balaban J connectivity index is 1.59. The summed E-state index contributed by atoms with van der Waals surface area (Å²) >= 11 is 1.57. The minimum atomic E-state index is -1.13. The Bertz CT molecular complexity index is 1030. The van der Waals surface area contributed by atoms with Crippen molar-refractivity contribution in [1.82, 2.24) is 20.2 Å². The Kier molecular flexibility index (Phi) is 6.86. The molecule has 2 heterocycles. The molecule has 3 amide bonds. The number of amides is 3. The van der Waals surface area contributed by atoms with Gasteiger partial charge in [0.2, 0.25) is 0 Å². The van der Waals surface area contributed by atoms with Gasteiger partial charge in [0.1, 0.15) is 4.83 Å². The molecule has 162 valence electrons. The lowest BCUT2D eigenvalue weighted by molar-refractivity contribution is -0.154. The highest BCUT2D eigenvalue weighted by Gasteiger charge is 2.22. The molecule has 1 atom stereocenters. The van der Waals surface area contributed by atoms with Gasteiger partial charge in [0.25, 0.3) is 11.5 Å². The predicted octanol–water partition coefficient (Wildman–Crippen LogP) is 1.89. The molecule has 30 heavy (non-hydrogen) atoms. The third-order valence-corrected chi connectivity index (χ3v) is 6.03. The molecule has 0 aliphatic heterocycles. The van der Waals surface area contributed by atoms with Crippen molar-refractivity contribution >= 4 is 39.5 Å². The maximum absolute atomic E-state index is 12.9. The van der Waals surface area contributed by atoms with Gasteiger partial charge in [0.15, 0.2) is 6.10 Å². The fourth-order valence-corrected chi connectivity index (χ4v) is 4.59. The highest BCUT2D eigenvalue weighted by Crippen LogP contribution is 2.33. The number of nitrogens with one attached hydrogen (secondary N) is 2. The number of carbonyl (C=O) groups excluding carboxylic acids is 3. The number of rotatable bonds is 6. The van der Waals surface area contributed by atoms with E-state index in [0.29, 0.717) is 5.39 Å². The Morgan fingerprint density at radius 2 is 1.97 bits per heavy atom. The minimum Gasteiger partial charge on any atom is -0.452 e. The van der Waals surface area contributed by atoms with Gasteiger partial charge >= 0.3 is 12.0 Å².